The Morgan fingerprint density at radius 2 is 2.06 bits per heavy atom. The molecule has 5 nitrogen and oxygen atoms in total. The maximum atomic E-state index is 12.4. The first-order valence-electron chi connectivity index (χ1n) is 5.65. The van der Waals surface area contributed by atoms with Gasteiger partial charge in [-0.25, -0.2) is 8.42 Å². The molecule has 0 unspecified atom stereocenters. The molecule has 0 amide bonds. The van der Waals surface area contributed by atoms with Crippen molar-refractivity contribution in [3.05, 3.63) is 23.2 Å². The molecule has 0 aliphatic carbocycles. The number of nitrogens with zero attached hydrogens (tertiary/aromatic N) is 1. The lowest BCUT2D eigenvalue weighted by molar-refractivity contribution is 0.148. The van der Waals surface area contributed by atoms with Crippen LogP contribution in [0.4, 0.5) is 5.69 Å². The summed E-state index contributed by atoms with van der Waals surface area (Å²) >= 11 is 5.79. The molecular formula is C11H15ClN2O3S. The van der Waals surface area contributed by atoms with Crippen LogP contribution in [0.25, 0.3) is 0 Å². The first-order chi connectivity index (χ1) is 8.51. The standard InChI is InChI=1S/C11H15ClN2O3S/c12-10-3-2-9(8-11(10)13)18(15,16)14-4-1-6-17-7-5-14/h2-3,8H,1,4-7,13H2. The van der Waals surface area contributed by atoms with E-state index in [0.717, 1.165) is 0 Å². The van der Waals surface area contributed by atoms with Gasteiger partial charge in [-0.1, -0.05) is 11.6 Å². The smallest absolute Gasteiger partial charge is 0.243 e. The second kappa shape index (κ2) is 5.44. The van der Waals surface area contributed by atoms with E-state index < -0.39 is 10.0 Å². The number of hydrogen-bond acceptors (Lipinski definition) is 4. The van der Waals surface area contributed by atoms with Crippen LogP contribution in [0, 0.1) is 0 Å². The summed E-state index contributed by atoms with van der Waals surface area (Å²) in [7, 11) is -3.51. The van der Waals surface area contributed by atoms with Gasteiger partial charge in [-0.15, -0.1) is 0 Å². The lowest BCUT2D eigenvalue weighted by atomic mass is 10.3. The van der Waals surface area contributed by atoms with Gasteiger partial charge in [-0.2, -0.15) is 4.31 Å². The molecular weight excluding hydrogens is 276 g/mol. The number of benzene rings is 1. The molecule has 1 aromatic carbocycles. The summed E-state index contributed by atoms with van der Waals surface area (Å²) in [6.45, 7) is 1.84. The van der Waals surface area contributed by atoms with Gasteiger partial charge in [-0.3, -0.25) is 0 Å². The Bertz CT molecular complexity index is 525. The SMILES string of the molecule is Nc1cc(S(=O)(=O)N2CCCOCC2)ccc1Cl. The normalized spacial score (nSPS) is 18.5. The summed E-state index contributed by atoms with van der Waals surface area (Å²) in [5.74, 6) is 0. The van der Waals surface area contributed by atoms with E-state index in [2.05, 4.69) is 0 Å². The first kappa shape index (κ1) is 13.6. The Hall–Kier alpha value is -0.820. The molecule has 1 aromatic rings. The van der Waals surface area contributed by atoms with Gasteiger partial charge in [0.2, 0.25) is 10.0 Å². The van der Waals surface area contributed by atoms with Gasteiger partial charge < -0.3 is 10.5 Å². The molecule has 1 heterocycles. The Morgan fingerprint density at radius 3 is 2.78 bits per heavy atom. The van der Waals surface area contributed by atoms with E-state index in [1.807, 2.05) is 0 Å². The lowest BCUT2D eigenvalue weighted by Gasteiger charge is -2.19. The maximum Gasteiger partial charge on any atom is 0.243 e. The van der Waals surface area contributed by atoms with Gasteiger partial charge in [0.05, 0.1) is 22.2 Å². The number of ether oxygens (including phenoxy) is 1. The average molecular weight is 291 g/mol. The number of halogens is 1. The summed E-state index contributed by atoms with van der Waals surface area (Å²) in [6.07, 6.45) is 0.697. The van der Waals surface area contributed by atoms with Crippen molar-refractivity contribution in [3.8, 4) is 0 Å². The summed E-state index contributed by atoms with van der Waals surface area (Å²) in [4.78, 5) is 0.173. The number of hydrogen-bond donors (Lipinski definition) is 1. The molecule has 0 radical (unpaired) electrons. The minimum atomic E-state index is -3.51. The highest BCUT2D eigenvalue weighted by atomic mass is 35.5. The average Bonchev–Trinajstić information content (AvgIpc) is 2.61. The fraction of sp³-hybridized carbons (Fsp3) is 0.455. The molecule has 0 atom stereocenters. The Balaban J connectivity index is 2.31. The second-order valence-electron chi connectivity index (χ2n) is 4.05. The summed E-state index contributed by atoms with van der Waals surface area (Å²) in [5.41, 5.74) is 5.91. The number of nitrogen functional groups attached to an aromatic ring is 1. The summed E-state index contributed by atoms with van der Waals surface area (Å²) in [5, 5.41) is 0.355. The zero-order valence-corrected chi connectivity index (χ0v) is 11.4. The van der Waals surface area contributed by atoms with E-state index >= 15 is 0 Å². The highest BCUT2D eigenvalue weighted by molar-refractivity contribution is 7.89. The zero-order valence-electron chi connectivity index (χ0n) is 9.80. The van der Waals surface area contributed by atoms with Crippen molar-refractivity contribution >= 4 is 27.3 Å². The van der Waals surface area contributed by atoms with Crippen LogP contribution in [0.1, 0.15) is 6.42 Å². The molecule has 2 rings (SSSR count). The fourth-order valence-electron chi connectivity index (χ4n) is 1.79. The van der Waals surface area contributed by atoms with Gasteiger partial charge in [0.15, 0.2) is 0 Å². The van der Waals surface area contributed by atoms with Crippen LogP contribution in [-0.4, -0.2) is 39.0 Å². The second-order valence-corrected chi connectivity index (χ2v) is 6.40. The topological polar surface area (TPSA) is 72.6 Å². The third-order valence-corrected chi connectivity index (χ3v) is 5.03. The monoisotopic (exact) mass is 290 g/mol. The molecule has 2 N–H and O–H groups in total. The predicted molar refractivity (Wildman–Crippen MR) is 70.1 cm³/mol. The van der Waals surface area contributed by atoms with Crippen LogP contribution in [0.15, 0.2) is 23.1 Å². The third kappa shape index (κ3) is 2.77. The lowest BCUT2D eigenvalue weighted by Crippen LogP contribution is -2.33. The van der Waals surface area contributed by atoms with Crippen LogP contribution in [0.5, 0.6) is 0 Å². The molecule has 1 fully saturated rings. The van der Waals surface area contributed by atoms with Gasteiger partial charge in [-0.05, 0) is 24.6 Å². The number of anilines is 1. The van der Waals surface area contributed by atoms with Crippen molar-refractivity contribution in [2.24, 2.45) is 0 Å². The minimum Gasteiger partial charge on any atom is -0.397 e. The van der Waals surface area contributed by atoms with Crippen molar-refractivity contribution in [2.75, 3.05) is 32.0 Å². The van der Waals surface area contributed by atoms with Gasteiger partial charge in [0.1, 0.15) is 0 Å². The molecule has 1 aliphatic heterocycles. The summed E-state index contributed by atoms with van der Waals surface area (Å²) < 4.78 is 31.4. The van der Waals surface area contributed by atoms with Crippen molar-refractivity contribution in [1.29, 1.82) is 0 Å². The van der Waals surface area contributed by atoms with E-state index in [1.54, 1.807) is 0 Å². The van der Waals surface area contributed by atoms with Gasteiger partial charge in [0.25, 0.3) is 0 Å². The molecule has 18 heavy (non-hydrogen) atoms. The van der Waals surface area contributed by atoms with Crippen LogP contribution in [-0.2, 0) is 14.8 Å². The highest BCUT2D eigenvalue weighted by Crippen LogP contribution is 2.24. The quantitative estimate of drug-likeness (QED) is 0.834. The Morgan fingerprint density at radius 1 is 1.28 bits per heavy atom. The minimum absolute atomic E-state index is 0.173. The molecule has 1 saturated heterocycles. The van der Waals surface area contributed by atoms with Crippen LogP contribution in [0.2, 0.25) is 5.02 Å². The maximum absolute atomic E-state index is 12.4. The molecule has 1 aliphatic rings. The van der Waals surface area contributed by atoms with Gasteiger partial charge in [0, 0.05) is 19.7 Å². The van der Waals surface area contributed by atoms with E-state index in [0.29, 0.717) is 37.7 Å². The first-order valence-corrected chi connectivity index (χ1v) is 7.46. The van der Waals surface area contributed by atoms with Crippen molar-refractivity contribution in [1.82, 2.24) is 4.31 Å². The largest absolute Gasteiger partial charge is 0.397 e. The molecule has 100 valence electrons. The number of nitrogens with two attached hydrogens (primary N) is 1. The van der Waals surface area contributed by atoms with Crippen LogP contribution in [0.3, 0.4) is 0 Å². The molecule has 0 aromatic heterocycles. The number of rotatable bonds is 2. The van der Waals surface area contributed by atoms with Crippen LogP contribution < -0.4 is 5.73 Å². The molecule has 7 heteroatoms. The third-order valence-electron chi connectivity index (χ3n) is 2.79. The summed E-state index contributed by atoms with van der Waals surface area (Å²) in [6, 6.07) is 4.36. The van der Waals surface area contributed by atoms with Crippen molar-refractivity contribution in [3.63, 3.8) is 0 Å². The zero-order chi connectivity index (χ0) is 13.2. The van der Waals surface area contributed by atoms with E-state index in [-0.39, 0.29) is 10.6 Å². The van der Waals surface area contributed by atoms with E-state index in [4.69, 9.17) is 22.1 Å². The fourth-order valence-corrected chi connectivity index (χ4v) is 3.41. The predicted octanol–water partition coefficient (Wildman–Crippen LogP) is 1.33. The molecule has 0 bridgehead atoms. The molecule has 0 spiro atoms. The van der Waals surface area contributed by atoms with Crippen molar-refractivity contribution < 1.29 is 13.2 Å². The van der Waals surface area contributed by atoms with E-state index in [1.165, 1.54) is 22.5 Å². The Kier molecular flexibility index (Phi) is 4.11. The van der Waals surface area contributed by atoms with Crippen molar-refractivity contribution in [2.45, 2.75) is 11.3 Å². The van der Waals surface area contributed by atoms with Crippen LogP contribution >= 0.6 is 11.6 Å². The number of sulfonamides is 1. The van der Waals surface area contributed by atoms with E-state index in [9.17, 15) is 8.42 Å². The molecule has 0 saturated carbocycles. The van der Waals surface area contributed by atoms with Gasteiger partial charge >= 0.3 is 0 Å². The Labute approximate surface area is 112 Å². The highest BCUT2D eigenvalue weighted by Gasteiger charge is 2.25.